The molecule has 1 unspecified atom stereocenters. The van der Waals surface area contributed by atoms with Crippen LogP contribution in [-0.2, 0) is 0 Å². The van der Waals surface area contributed by atoms with E-state index in [1.807, 2.05) is 19.1 Å². The van der Waals surface area contributed by atoms with Gasteiger partial charge in [0.1, 0.15) is 5.75 Å². The largest absolute Gasteiger partial charge is 0.448 e. The molecule has 2 N–H and O–H groups in total. The molecule has 0 amide bonds. The van der Waals surface area contributed by atoms with Crippen molar-refractivity contribution in [3.05, 3.63) is 63.2 Å². The molecule has 5 nitrogen and oxygen atoms in total. The van der Waals surface area contributed by atoms with E-state index in [1.54, 1.807) is 18.2 Å². The van der Waals surface area contributed by atoms with Crippen LogP contribution in [0.1, 0.15) is 18.5 Å². The lowest BCUT2D eigenvalue weighted by Gasteiger charge is -2.14. The SMILES string of the molecule is CC(N)c1ccccc1Oc1c(Cl)cccc1[N+](=O)[O-]. The Hall–Kier alpha value is -2.11. The molecule has 0 fully saturated rings. The minimum atomic E-state index is -0.532. The number of nitro groups is 1. The Morgan fingerprint density at radius 3 is 2.60 bits per heavy atom. The van der Waals surface area contributed by atoms with Gasteiger partial charge in [-0.15, -0.1) is 0 Å². The number of nitrogens with two attached hydrogens (primary N) is 1. The fourth-order valence-electron chi connectivity index (χ4n) is 1.80. The first-order valence-electron chi connectivity index (χ1n) is 5.96. The van der Waals surface area contributed by atoms with E-state index in [9.17, 15) is 10.1 Å². The van der Waals surface area contributed by atoms with Gasteiger partial charge in [-0.2, -0.15) is 0 Å². The van der Waals surface area contributed by atoms with E-state index >= 15 is 0 Å². The Morgan fingerprint density at radius 2 is 1.95 bits per heavy atom. The van der Waals surface area contributed by atoms with Gasteiger partial charge in [-0.1, -0.05) is 35.9 Å². The third-order valence-corrected chi connectivity index (χ3v) is 3.06. The van der Waals surface area contributed by atoms with Crippen molar-refractivity contribution in [2.75, 3.05) is 0 Å². The van der Waals surface area contributed by atoms with Crippen molar-refractivity contribution < 1.29 is 9.66 Å². The third-order valence-electron chi connectivity index (χ3n) is 2.76. The number of benzene rings is 2. The average Bonchev–Trinajstić information content (AvgIpc) is 2.41. The highest BCUT2D eigenvalue weighted by Crippen LogP contribution is 2.39. The summed E-state index contributed by atoms with van der Waals surface area (Å²) in [6.45, 7) is 1.81. The van der Waals surface area contributed by atoms with Gasteiger partial charge < -0.3 is 10.5 Å². The first kappa shape index (κ1) is 14.3. The van der Waals surface area contributed by atoms with Gasteiger partial charge in [0.15, 0.2) is 0 Å². The summed E-state index contributed by atoms with van der Waals surface area (Å²) in [5.74, 6) is 0.478. The highest BCUT2D eigenvalue weighted by Gasteiger charge is 2.20. The average molecular weight is 293 g/mol. The molecule has 0 heterocycles. The topological polar surface area (TPSA) is 78.4 Å². The molecule has 0 aromatic heterocycles. The summed E-state index contributed by atoms with van der Waals surface area (Å²) in [6, 6.07) is 11.2. The van der Waals surface area contributed by atoms with Crippen LogP contribution in [0.2, 0.25) is 5.02 Å². The Bertz CT molecular complexity index is 644. The molecule has 0 aliphatic rings. The van der Waals surface area contributed by atoms with Gasteiger partial charge in [0.2, 0.25) is 5.75 Å². The van der Waals surface area contributed by atoms with Gasteiger partial charge in [-0.05, 0) is 19.1 Å². The van der Waals surface area contributed by atoms with Gasteiger partial charge >= 0.3 is 5.69 Å². The molecule has 0 saturated carbocycles. The smallest absolute Gasteiger partial charge is 0.313 e. The van der Waals surface area contributed by atoms with Crippen molar-refractivity contribution in [1.82, 2.24) is 0 Å². The van der Waals surface area contributed by atoms with E-state index in [0.717, 1.165) is 5.56 Å². The quantitative estimate of drug-likeness (QED) is 0.681. The van der Waals surface area contributed by atoms with Crippen LogP contribution in [0, 0.1) is 10.1 Å². The summed E-state index contributed by atoms with van der Waals surface area (Å²) < 4.78 is 5.64. The lowest BCUT2D eigenvalue weighted by Crippen LogP contribution is -2.06. The van der Waals surface area contributed by atoms with Crippen LogP contribution in [0.3, 0.4) is 0 Å². The molecule has 0 aliphatic carbocycles. The molecule has 0 spiro atoms. The van der Waals surface area contributed by atoms with Crippen LogP contribution in [-0.4, -0.2) is 4.92 Å². The molecule has 0 radical (unpaired) electrons. The molecular formula is C14H13ClN2O3. The van der Waals surface area contributed by atoms with Crippen LogP contribution in [0.5, 0.6) is 11.5 Å². The van der Waals surface area contributed by atoms with E-state index in [4.69, 9.17) is 22.1 Å². The van der Waals surface area contributed by atoms with Crippen LogP contribution in [0.4, 0.5) is 5.69 Å². The standard InChI is InChI=1S/C14H13ClN2O3/c1-9(16)10-5-2-3-8-13(10)20-14-11(15)6-4-7-12(14)17(18)19/h2-9H,16H2,1H3. The van der Waals surface area contributed by atoms with Crippen molar-refractivity contribution in [2.24, 2.45) is 5.73 Å². The molecule has 1 atom stereocenters. The van der Waals surface area contributed by atoms with E-state index < -0.39 is 4.92 Å². The van der Waals surface area contributed by atoms with Crippen molar-refractivity contribution in [1.29, 1.82) is 0 Å². The second kappa shape index (κ2) is 5.90. The maximum Gasteiger partial charge on any atom is 0.313 e. The van der Waals surface area contributed by atoms with Gasteiger partial charge in [0, 0.05) is 17.7 Å². The highest BCUT2D eigenvalue weighted by molar-refractivity contribution is 6.32. The summed E-state index contributed by atoms with van der Waals surface area (Å²) in [5.41, 5.74) is 6.43. The zero-order chi connectivity index (χ0) is 14.7. The maximum absolute atomic E-state index is 11.0. The van der Waals surface area contributed by atoms with Gasteiger partial charge in [-0.3, -0.25) is 10.1 Å². The Kier molecular flexibility index (Phi) is 4.22. The number of ether oxygens (including phenoxy) is 1. The molecule has 0 saturated heterocycles. The number of para-hydroxylation sites is 2. The van der Waals surface area contributed by atoms with E-state index in [1.165, 1.54) is 12.1 Å². The highest BCUT2D eigenvalue weighted by atomic mass is 35.5. The summed E-state index contributed by atoms with van der Waals surface area (Å²) in [7, 11) is 0. The van der Waals surface area contributed by atoms with E-state index in [2.05, 4.69) is 0 Å². The zero-order valence-electron chi connectivity index (χ0n) is 10.7. The lowest BCUT2D eigenvalue weighted by atomic mass is 10.1. The van der Waals surface area contributed by atoms with Gasteiger partial charge in [0.25, 0.3) is 0 Å². The van der Waals surface area contributed by atoms with Crippen LogP contribution in [0.15, 0.2) is 42.5 Å². The maximum atomic E-state index is 11.0. The van der Waals surface area contributed by atoms with Crippen molar-refractivity contribution >= 4 is 17.3 Å². The van der Waals surface area contributed by atoms with Crippen molar-refractivity contribution in [2.45, 2.75) is 13.0 Å². The molecule has 20 heavy (non-hydrogen) atoms. The monoisotopic (exact) mass is 292 g/mol. The molecular weight excluding hydrogens is 280 g/mol. The summed E-state index contributed by atoms with van der Waals surface area (Å²) in [5, 5.41) is 11.2. The molecule has 2 rings (SSSR count). The normalized spacial score (nSPS) is 11.9. The second-order valence-corrected chi connectivity index (χ2v) is 4.68. The molecule has 2 aromatic carbocycles. The summed E-state index contributed by atoms with van der Waals surface area (Å²) >= 11 is 5.99. The molecule has 6 heteroatoms. The molecule has 0 bridgehead atoms. The summed E-state index contributed by atoms with van der Waals surface area (Å²) in [6.07, 6.45) is 0. The molecule has 0 aliphatic heterocycles. The lowest BCUT2D eigenvalue weighted by molar-refractivity contribution is -0.385. The van der Waals surface area contributed by atoms with Gasteiger partial charge in [0.05, 0.1) is 9.95 Å². The van der Waals surface area contributed by atoms with Gasteiger partial charge in [-0.25, -0.2) is 0 Å². The Balaban J connectivity index is 2.48. The first-order chi connectivity index (χ1) is 9.50. The molecule has 104 valence electrons. The number of hydrogen-bond acceptors (Lipinski definition) is 4. The number of halogens is 1. The number of nitrogens with zero attached hydrogens (tertiary/aromatic N) is 1. The zero-order valence-corrected chi connectivity index (χ0v) is 11.5. The van der Waals surface area contributed by atoms with E-state index in [0.29, 0.717) is 5.75 Å². The van der Waals surface area contributed by atoms with E-state index in [-0.39, 0.29) is 22.5 Å². The predicted molar refractivity (Wildman–Crippen MR) is 77.2 cm³/mol. The van der Waals surface area contributed by atoms with Crippen molar-refractivity contribution in [3.8, 4) is 11.5 Å². The summed E-state index contributed by atoms with van der Waals surface area (Å²) in [4.78, 5) is 10.5. The number of rotatable bonds is 4. The Morgan fingerprint density at radius 1 is 1.25 bits per heavy atom. The number of hydrogen-bond donors (Lipinski definition) is 1. The Labute approximate surface area is 121 Å². The number of nitro benzene ring substituents is 1. The minimum Gasteiger partial charge on any atom is -0.448 e. The first-order valence-corrected chi connectivity index (χ1v) is 6.33. The fraction of sp³-hybridized carbons (Fsp3) is 0.143. The van der Waals surface area contributed by atoms with Crippen LogP contribution >= 0.6 is 11.6 Å². The molecule has 2 aromatic rings. The van der Waals surface area contributed by atoms with Crippen LogP contribution in [0.25, 0.3) is 0 Å². The predicted octanol–water partition coefficient (Wildman–Crippen LogP) is 4.06. The second-order valence-electron chi connectivity index (χ2n) is 4.27. The fourth-order valence-corrected chi connectivity index (χ4v) is 2.01. The minimum absolute atomic E-state index is 0.0206. The third kappa shape index (κ3) is 2.89. The van der Waals surface area contributed by atoms with Crippen molar-refractivity contribution in [3.63, 3.8) is 0 Å². The van der Waals surface area contributed by atoms with Crippen LogP contribution < -0.4 is 10.5 Å².